The van der Waals surface area contributed by atoms with Gasteiger partial charge < -0.3 is 4.90 Å². The third kappa shape index (κ3) is 2.48. The zero-order valence-corrected chi connectivity index (χ0v) is 8.98. The van der Waals surface area contributed by atoms with Gasteiger partial charge in [-0.15, -0.1) is 0 Å². The van der Waals surface area contributed by atoms with Crippen LogP contribution in [0.2, 0.25) is 5.15 Å². The Balaban J connectivity index is 2.09. The van der Waals surface area contributed by atoms with E-state index in [2.05, 4.69) is 16.5 Å². The predicted octanol–water partition coefficient (Wildman–Crippen LogP) is 3.13. The molecule has 0 N–H and O–H groups in total. The van der Waals surface area contributed by atoms with Crippen LogP contribution >= 0.6 is 11.6 Å². The van der Waals surface area contributed by atoms with Gasteiger partial charge in [-0.25, -0.2) is 4.98 Å². The van der Waals surface area contributed by atoms with E-state index < -0.39 is 0 Å². The van der Waals surface area contributed by atoms with Crippen molar-refractivity contribution in [3.63, 3.8) is 0 Å². The molecule has 0 saturated heterocycles. The fourth-order valence-electron chi connectivity index (χ4n) is 1.36. The average molecular weight is 219 g/mol. The summed E-state index contributed by atoms with van der Waals surface area (Å²) in [6.07, 6.45) is 9.71. The predicted molar refractivity (Wildman–Crippen MR) is 62.2 cm³/mol. The van der Waals surface area contributed by atoms with Crippen LogP contribution in [0, 0.1) is 0 Å². The van der Waals surface area contributed by atoms with Gasteiger partial charge in [-0.1, -0.05) is 30.3 Å². The van der Waals surface area contributed by atoms with Crippen molar-refractivity contribution in [3.8, 4) is 0 Å². The summed E-state index contributed by atoms with van der Waals surface area (Å²) in [6, 6.07) is 3.76. The molecule has 3 heteroatoms. The number of hydrogen-bond acceptors (Lipinski definition) is 2. The van der Waals surface area contributed by atoms with Crippen LogP contribution < -0.4 is 0 Å². The molecule has 1 aromatic heterocycles. The minimum Gasteiger partial charge on any atom is -0.344 e. The number of rotatable bonds is 2. The Hall–Kier alpha value is -1.54. The van der Waals surface area contributed by atoms with Crippen LogP contribution in [-0.4, -0.2) is 9.88 Å². The van der Waals surface area contributed by atoms with Crippen molar-refractivity contribution in [2.24, 2.45) is 0 Å². The Morgan fingerprint density at radius 3 is 2.87 bits per heavy atom. The Morgan fingerprint density at radius 2 is 2.20 bits per heavy atom. The molecule has 0 aromatic carbocycles. The lowest BCUT2D eigenvalue weighted by Crippen LogP contribution is -2.15. The van der Waals surface area contributed by atoms with E-state index in [1.165, 1.54) is 0 Å². The molecule has 0 bridgehead atoms. The molecule has 2 nitrogen and oxygen atoms in total. The van der Waals surface area contributed by atoms with Crippen molar-refractivity contribution in [2.75, 3.05) is 0 Å². The van der Waals surface area contributed by atoms with Gasteiger partial charge in [-0.05, 0) is 23.8 Å². The summed E-state index contributed by atoms with van der Waals surface area (Å²) in [6.45, 7) is 4.72. The first-order valence-electron chi connectivity index (χ1n) is 4.66. The molecule has 0 atom stereocenters. The molecule has 0 unspecified atom stereocenters. The molecule has 0 aliphatic carbocycles. The van der Waals surface area contributed by atoms with E-state index in [4.69, 9.17) is 11.6 Å². The molecule has 0 spiro atoms. The molecule has 0 saturated carbocycles. The van der Waals surface area contributed by atoms with Crippen LogP contribution in [0.25, 0.3) is 0 Å². The lowest BCUT2D eigenvalue weighted by molar-refractivity contribution is 0.471. The maximum absolute atomic E-state index is 5.72. The number of allylic oxidation sites excluding steroid dienone is 3. The second kappa shape index (κ2) is 4.32. The van der Waals surface area contributed by atoms with Gasteiger partial charge in [0.2, 0.25) is 0 Å². The van der Waals surface area contributed by atoms with Gasteiger partial charge in [-0.2, -0.15) is 0 Å². The van der Waals surface area contributed by atoms with Gasteiger partial charge >= 0.3 is 0 Å². The number of aromatic nitrogens is 1. The monoisotopic (exact) mass is 218 g/mol. The minimum atomic E-state index is 0.520. The summed E-state index contributed by atoms with van der Waals surface area (Å²) < 4.78 is 0. The third-order valence-corrected chi connectivity index (χ3v) is 2.40. The maximum atomic E-state index is 5.72. The fourth-order valence-corrected chi connectivity index (χ4v) is 1.47. The molecular weight excluding hydrogens is 208 g/mol. The summed E-state index contributed by atoms with van der Waals surface area (Å²) in [4.78, 5) is 6.10. The zero-order chi connectivity index (χ0) is 10.7. The molecule has 0 amide bonds. The highest BCUT2D eigenvalue weighted by molar-refractivity contribution is 6.29. The maximum Gasteiger partial charge on any atom is 0.129 e. The second-order valence-corrected chi connectivity index (χ2v) is 3.70. The highest BCUT2D eigenvalue weighted by Gasteiger charge is 2.05. The highest BCUT2D eigenvalue weighted by atomic mass is 35.5. The van der Waals surface area contributed by atoms with Gasteiger partial charge in [0.1, 0.15) is 5.15 Å². The van der Waals surface area contributed by atoms with Crippen molar-refractivity contribution in [1.82, 2.24) is 9.88 Å². The molecule has 1 aliphatic rings. The number of nitrogens with zero attached hydrogens (tertiary/aromatic N) is 2. The molecular formula is C12H11ClN2. The Bertz CT molecular complexity index is 418. The van der Waals surface area contributed by atoms with Gasteiger partial charge in [0.05, 0.1) is 0 Å². The van der Waals surface area contributed by atoms with Crippen molar-refractivity contribution in [3.05, 3.63) is 65.8 Å². The smallest absolute Gasteiger partial charge is 0.129 e. The molecule has 76 valence electrons. The molecule has 0 radical (unpaired) electrons. The summed E-state index contributed by atoms with van der Waals surface area (Å²) in [7, 11) is 0. The van der Waals surface area contributed by atoms with E-state index in [1.54, 1.807) is 12.3 Å². The third-order valence-electron chi connectivity index (χ3n) is 2.18. The Morgan fingerprint density at radius 1 is 1.33 bits per heavy atom. The fraction of sp³-hybridized carbons (Fsp3) is 0.0833. The molecule has 15 heavy (non-hydrogen) atoms. The first kappa shape index (κ1) is 9.99. The SMILES string of the molecule is C=C1C=CC=CN1Cc1ccc(Cl)nc1. The molecule has 0 fully saturated rings. The molecule has 2 rings (SSSR count). The Labute approximate surface area is 94.2 Å². The van der Waals surface area contributed by atoms with Crippen LogP contribution in [0.15, 0.2) is 55.0 Å². The summed E-state index contributed by atoms with van der Waals surface area (Å²) >= 11 is 5.72. The number of pyridine rings is 1. The van der Waals surface area contributed by atoms with Crippen molar-refractivity contribution >= 4 is 11.6 Å². The van der Waals surface area contributed by atoms with Gasteiger partial charge in [0.25, 0.3) is 0 Å². The van der Waals surface area contributed by atoms with Crippen molar-refractivity contribution in [2.45, 2.75) is 6.54 Å². The standard InChI is InChI=1S/C12H11ClN2/c1-10-4-2-3-7-15(10)9-11-5-6-12(13)14-8-11/h2-8H,1,9H2. The van der Waals surface area contributed by atoms with Crippen LogP contribution in [0.5, 0.6) is 0 Å². The van der Waals surface area contributed by atoms with E-state index in [0.717, 1.165) is 17.8 Å². The highest BCUT2D eigenvalue weighted by Crippen LogP contribution is 2.15. The Kier molecular flexibility index (Phi) is 2.88. The lowest BCUT2D eigenvalue weighted by atomic mass is 10.2. The minimum absolute atomic E-state index is 0.520. The van der Waals surface area contributed by atoms with E-state index in [0.29, 0.717) is 5.15 Å². The normalized spacial score (nSPS) is 14.7. The average Bonchev–Trinajstić information content (AvgIpc) is 2.25. The van der Waals surface area contributed by atoms with Crippen molar-refractivity contribution < 1.29 is 0 Å². The van der Waals surface area contributed by atoms with E-state index in [-0.39, 0.29) is 0 Å². The lowest BCUT2D eigenvalue weighted by Gasteiger charge is -2.22. The van der Waals surface area contributed by atoms with Gasteiger partial charge in [0, 0.05) is 24.6 Å². The van der Waals surface area contributed by atoms with Crippen LogP contribution in [0.4, 0.5) is 0 Å². The number of halogens is 1. The van der Waals surface area contributed by atoms with E-state index in [1.807, 2.05) is 30.5 Å². The number of hydrogen-bond donors (Lipinski definition) is 0. The second-order valence-electron chi connectivity index (χ2n) is 3.31. The molecule has 2 heterocycles. The van der Waals surface area contributed by atoms with Crippen molar-refractivity contribution in [1.29, 1.82) is 0 Å². The largest absolute Gasteiger partial charge is 0.344 e. The zero-order valence-electron chi connectivity index (χ0n) is 8.23. The van der Waals surface area contributed by atoms with Gasteiger partial charge in [0.15, 0.2) is 0 Å². The van der Waals surface area contributed by atoms with Crippen LogP contribution in [0.3, 0.4) is 0 Å². The first-order chi connectivity index (χ1) is 7.25. The molecule has 1 aliphatic heterocycles. The van der Waals surface area contributed by atoms with E-state index >= 15 is 0 Å². The van der Waals surface area contributed by atoms with E-state index in [9.17, 15) is 0 Å². The first-order valence-corrected chi connectivity index (χ1v) is 5.04. The van der Waals surface area contributed by atoms with Gasteiger partial charge in [-0.3, -0.25) is 0 Å². The summed E-state index contributed by atoms with van der Waals surface area (Å²) in [5.74, 6) is 0. The molecule has 1 aromatic rings. The summed E-state index contributed by atoms with van der Waals surface area (Å²) in [5, 5.41) is 0.520. The topological polar surface area (TPSA) is 16.1 Å². The quantitative estimate of drug-likeness (QED) is 0.709. The van der Waals surface area contributed by atoms with Crippen LogP contribution in [-0.2, 0) is 6.54 Å². The summed E-state index contributed by atoms with van der Waals surface area (Å²) in [5.41, 5.74) is 2.09. The van der Waals surface area contributed by atoms with Crippen LogP contribution in [0.1, 0.15) is 5.56 Å².